The van der Waals surface area contributed by atoms with E-state index in [9.17, 15) is 15.0 Å². The van der Waals surface area contributed by atoms with Gasteiger partial charge in [0.2, 0.25) is 0 Å². The molecule has 7 heteroatoms. The average molecular weight is 436 g/mol. The number of rotatable bonds is 10. The van der Waals surface area contributed by atoms with Crippen LogP contribution in [0, 0.1) is 0 Å². The molecule has 1 aliphatic rings. The van der Waals surface area contributed by atoms with Crippen molar-refractivity contribution in [2.45, 2.75) is 38.6 Å². The third-order valence-electron chi connectivity index (χ3n) is 5.79. The SMILES string of the molecule is CCCCCOc1ccc(C2c3c(-c4ccccc4O)n[nH]c3C(=O)N2CCCO)cc1. The number of carbonyl (C=O) groups is 1. The van der Waals surface area contributed by atoms with Crippen molar-refractivity contribution in [3.8, 4) is 22.8 Å². The van der Waals surface area contributed by atoms with Crippen LogP contribution in [0.15, 0.2) is 48.5 Å². The molecule has 0 fully saturated rings. The molecule has 0 aliphatic carbocycles. The predicted molar refractivity (Wildman–Crippen MR) is 122 cm³/mol. The Hall–Kier alpha value is -3.32. The fraction of sp³-hybridized carbons (Fsp3) is 0.360. The van der Waals surface area contributed by atoms with E-state index in [0.717, 1.165) is 36.1 Å². The van der Waals surface area contributed by atoms with Gasteiger partial charge in [-0.05, 0) is 42.7 Å². The Morgan fingerprint density at radius 3 is 2.59 bits per heavy atom. The summed E-state index contributed by atoms with van der Waals surface area (Å²) < 4.78 is 5.84. The van der Waals surface area contributed by atoms with Gasteiger partial charge in [-0.1, -0.05) is 44.0 Å². The van der Waals surface area contributed by atoms with Crippen LogP contribution in [0.2, 0.25) is 0 Å². The zero-order valence-electron chi connectivity index (χ0n) is 18.3. The highest BCUT2D eigenvalue weighted by Crippen LogP contribution is 2.44. The van der Waals surface area contributed by atoms with Gasteiger partial charge in [-0.15, -0.1) is 0 Å². The number of amides is 1. The van der Waals surface area contributed by atoms with Gasteiger partial charge in [0, 0.05) is 24.3 Å². The maximum atomic E-state index is 13.2. The van der Waals surface area contributed by atoms with Crippen molar-refractivity contribution in [1.29, 1.82) is 0 Å². The zero-order valence-corrected chi connectivity index (χ0v) is 18.3. The Morgan fingerprint density at radius 2 is 1.88 bits per heavy atom. The van der Waals surface area contributed by atoms with Gasteiger partial charge in [0.1, 0.15) is 22.9 Å². The molecule has 7 nitrogen and oxygen atoms in total. The summed E-state index contributed by atoms with van der Waals surface area (Å²) in [4.78, 5) is 14.9. The molecule has 0 saturated heterocycles. The Bertz CT molecular complexity index is 1060. The lowest BCUT2D eigenvalue weighted by Crippen LogP contribution is -2.31. The van der Waals surface area contributed by atoms with Gasteiger partial charge in [-0.25, -0.2) is 0 Å². The number of aromatic nitrogens is 2. The Balaban J connectivity index is 1.69. The molecule has 168 valence electrons. The maximum absolute atomic E-state index is 13.2. The number of hydrogen-bond donors (Lipinski definition) is 3. The molecule has 1 aliphatic heterocycles. The lowest BCUT2D eigenvalue weighted by atomic mass is 9.95. The lowest BCUT2D eigenvalue weighted by molar-refractivity contribution is 0.0732. The quantitative estimate of drug-likeness (QED) is 0.413. The van der Waals surface area contributed by atoms with Crippen molar-refractivity contribution < 1.29 is 19.7 Å². The topological polar surface area (TPSA) is 98.7 Å². The number of aliphatic hydroxyl groups excluding tert-OH is 1. The monoisotopic (exact) mass is 435 g/mol. The van der Waals surface area contributed by atoms with E-state index < -0.39 is 0 Å². The van der Waals surface area contributed by atoms with Gasteiger partial charge in [-0.3, -0.25) is 9.89 Å². The second-order valence-electron chi connectivity index (χ2n) is 7.98. The number of phenols is 1. The number of para-hydroxylation sites is 1. The number of phenolic OH excluding ortho intramolecular Hbond substituents is 1. The number of aliphatic hydroxyl groups is 1. The van der Waals surface area contributed by atoms with E-state index >= 15 is 0 Å². The molecule has 4 rings (SSSR count). The first-order valence-electron chi connectivity index (χ1n) is 11.2. The highest BCUT2D eigenvalue weighted by Gasteiger charge is 2.42. The third kappa shape index (κ3) is 4.21. The maximum Gasteiger partial charge on any atom is 0.273 e. The van der Waals surface area contributed by atoms with Gasteiger partial charge in [0.05, 0.1) is 12.6 Å². The van der Waals surface area contributed by atoms with E-state index in [4.69, 9.17) is 4.74 Å². The summed E-state index contributed by atoms with van der Waals surface area (Å²) in [5.41, 5.74) is 3.22. The lowest BCUT2D eigenvalue weighted by Gasteiger charge is -2.26. The first kappa shape index (κ1) is 21.9. The van der Waals surface area contributed by atoms with E-state index in [2.05, 4.69) is 17.1 Å². The molecule has 3 aromatic rings. The van der Waals surface area contributed by atoms with Crippen molar-refractivity contribution in [2.75, 3.05) is 19.8 Å². The Morgan fingerprint density at radius 1 is 1.09 bits per heavy atom. The van der Waals surface area contributed by atoms with E-state index in [-0.39, 0.29) is 24.3 Å². The second kappa shape index (κ2) is 9.87. The molecule has 32 heavy (non-hydrogen) atoms. The standard InChI is InChI=1S/C25H29N3O4/c1-2-3-6-16-32-18-12-10-17(11-13-18)24-21-22(19-8-4-5-9-20(19)30)26-27-23(21)25(31)28(24)14-7-15-29/h4-5,8-13,24,29-30H,2-3,6-7,14-16H2,1H3,(H,26,27). The van der Waals surface area contributed by atoms with Crippen LogP contribution in [-0.4, -0.2) is 51.0 Å². The number of benzene rings is 2. The largest absolute Gasteiger partial charge is 0.507 e. The van der Waals surface area contributed by atoms with Crippen LogP contribution in [0.1, 0.15) is 60.3 Å². The fourth-order valence-electron chi connectivity index (χ4n) is 4.18. The van der Waals surface area contributed by atoms with Crippen molar-refractivity contribution in [3.05, 3.63) is 65.4 Å². The van der Waals surface area contributed by atoms with E-state index in [0.29, 0.717) is 36.5 Å². The first-order valence-corrected chi connectivity index (χ1v) is 11.2. The molecule has 1 unspecified atom stereocenters. The first-order chi connectivity index (χ1) is 15.7. The van der Waals surface area contributed by atoms with Crippen LogP contribution >= 0.6 is 0 Å². The summed E-state index contributed by atoms with van der Waals surface area (Å²) in [6.07, 6.45) is 3.78. The van der Waals surface area contributed by atoms with E-state index in [1.165, 1.54) is 0 Å². The highest BCUT2D eigenvalue weighted by molar-refractivity contribution is 6.00. The van der Waals surface area contributed by atoms with Crippen molar-refractivity contribution in [2.24, 2.45) is 0 Å². The summed E-state index contributed by atoms with van der Waals surface area (Å²) in [5.74, 6) is 0.745. The van der Waals surface area contributed by atoms with Crippen molar-refractivity contribution in [3.63, 3.8) is 0 Å². The smallest absolute Gasteiger partial charge is 0.273 e. The van der Waals surface area contributed by atoms with Crippen LogP contribution in [0.25, 0.3) is 11.3 Å². The molecule has 2 aromatic carbocycles. The van der Waals surface area contributed by atoms with Gasteiger partial charge in [0.25, 0.3) is 5.91 Å². The number of ether oxygens (including phenoxy) is 1. The zero-order chi connectivity index (χ0) is 22.5. The summed E-state index contributed by atoms with van der Waals surface area (Å²) in [6, 6.07) is 14.4. The summed E-state index contributed by atoms with van der Waals surface area (Å²) >= 11 is 0. The van der Waals surface area contributed by atoms with Crippen LogP contribution < -0.4 is 4.74 Å². The number of H-pyrrole nitrogens is 1. The normalized spacial score (nSPS) is 15.2. The second-order valence-corrected chi connectivity index (χ2v) is 7.98. The molecule has 0 bridgehead atoms. The minimum Gasteiger partial charge on any atom is -0.507 e. The number of hydrogen-bond acceptors (Lipinski definition) is 5. The van der Waals surface area contributed by atoms with Crippen LogP contribution in [-0.2, 0) is 0 Å². The van der Waals surface area contributed by atoms with Crippen LogP contribution in [0.5, 0.6) is 11.5 Å². The number of fused-ring (bicyclic) bond motifs is 1. The third-order valence-corrected chi connectivity index (χ3v) is 5.79. The molecular formula is C25H29N3O4. The minimum absolute atomic E-state index is 0.000444. The van der Waals surface area contributed by atoms with Crippen LogP contribution in [0.3, 0.4) is 0 Å². The van der Waals surface area contributed by atoms with E-state index in [1.807, 2.05) is 30.3 Å². The summed E-state index contributed by atoms with van der Waals surface area (Å²) in [6.45, 7) is 3.26. The van der Waals surface area contributed by atoms with Gasteiger partial charge in [-0.2, -0.15) is 5.10 Å². The molecule has 0 saturated carbocycles. The molecule has 1 amide bonds. The molecule has 2 heterocycles. The summed E-state index contributed by atoms with van der Waals surface area (Å²) in [5, 5.41) is 27.0. The van der Waals surface area contributed by atoms with Gasteiger partial charge in [0.15, 0.2) is 0 Å². The number of aromatic amines is 1. The minimum atomic E-state index is -0.369. The number of aromatic hydroxyl groups is 1. The average Bonchev–Trinajstić information content (AvgIpc) is 3.35. The molecular weight excluding hydrogens is 406 g/mol. The van der Waals surface area contributed by atoms with Gasteiger partial charge >= 0.3 is 0 Å². The molecule has 1 aromatic heterocycles. The van der Waals surface area contributed by atoms with Crippen LogP contribution in [0.4, 0.5) is 0 Å². The fourth-order valence-corrected chi connectivity index (χ4v) is 4.18. The predicted octanol–water partition coefficient (Wildman–Crippen LogP) is 4.28. The summed E-state index contributed by atoms with van der Waals surface area (Å²) in [7, 11) is 0. The number of carbonyl (C=O) groups excluding carboxylic acids is 1. The molecule has 1 atom stereocenters. The number of unbranched alkanes of at least 4 members (excludes halogenated alkanes) is 2. The number of nitrogens with one attached hydrogen (secondary N) is 1. The molecule has 0 spiro atoms. The van der Waals surface area contributed by atoms with Crippen molar-refractivity contribution in [1.82, 2.24) is 15.1 Å². The number of nitrogens with zero attached hydrogens (tertiary/aromatic N) is 2. The Labute approximate surface area is 187 Å². The van der Waals surface area contributed by atoms with E-state index in [1.54, 1.807) is 23.1 Å². The van der Waals surface area contributed by atoms with Crippen molar-refractivity contribution >= 4 is 5.91 Å². The molecule has 3 N–H and O–H groups in total. The molecule has 0 radical (unpaired) electrons. The van der Waals surface area contributed by atoms with Gasteiger partial charge < -0.3 is 19.8 Å². The Kier molecular flexibility index (Phi) is 6.75. The highest BCUT2D eigenvalue weighted by atomic mass is 16.5.